The largest absolute Gasteiger partial charge is 0.378 e. The summed E-state index contributed by atoms with van der Waals surface area (Å²) >= 11 is 0. The molecule has 0 bridgehead atoms. The van der Waals surface area contributed by atoms with Crippen LogP contribution in [0.1, 0.15) is 18.4 Å². The molecule has 3 rings (SSSR count). The molecule has 2 amide bonds. The van der Waals surface area contributed by atoms with E-state index in [1.54, 1.807) is 28.3 Å². The third-order valence-corrected chi connectivity index (χ3v) is 4.62. The third-order valence-electron chi connectivity index (χ3n) is 4.62. The second-order valence-corrected chi connectivity index (χ2v) is 6.67. The molecule has 0 N–H and O–H groups in total. The Hall–Kier alpha value is -2.48. The Kier molecular flexibility index (Phi) is 5.82. The highest BCUT2D eigenvalue weighted by molar-refractivity contribution is 5.96. The lowest BCUT2D eigenvalue weighted by molar-refractivity contribution is -0.144. The maximum Gasteiger partial charge on any atom is 0.247 e. The highest BCUT2D eigenvalue weighted by atomic mass is 16.5. The average molecular weight is 359 g/mol. The van der Waals surface area contributed by atoms with Crippen LogP contribution in [0.15, 0.2) is 18.5 Å². The van der Waals surface area contributed by atoms with Gasteiger partial charge in [-0.15, -0.1) is 0 Å². The van der Waals surface area contributed by atoms with Crippen LogP contribution in [0.2, 0.25) is 0 Å². The number of nitrogens with zero attached hydrogens (tertiary/aromatic N) is 5. The van der Waals surface area contributed by atoms with Gasteiger partial charge in [0.1, 0.15) is 6.04 Å². The quantitative estimate of drug-likeness (QED) is 0.725. The molecule has 1 unspecified atom stereocenters. The Bertz CT molecular complexity index is 668. The first-order chi connectivity index (χ1) is 12.6. The molecular weight excluding hydrogens is 334 g/mol. The van der Waals surface area contributed by atoms with Crippen molar-refractivity contribution in [3.8, 4) is 0 Å². The topological polar surface area (TPSA) is 78.9 Å². The Morgan fingerprint density at radius 1 is 1.19 bits per heavy atom. The van der Waals surface area contributed by atoms with E-state index in [9.17, 15) is 9.59 Å². The van der Waals surface area contributed by atoms with Gasteiger partial charge in [0, 0.05) is 57.8 Å². The number of amides is 2. The Morgan fingerprint density at radius 3 is 2.54 bits per heavy atom. The molecule has 8 heteroatoms. The molecule has 0 radical (unpaired) electrons. The molecule has 26 heavy (non-hydrogen) atoms. The molecule has 1 atom stereocenters. The van der Waals surface area contributed by atoms with Crippen LogP contribution < -0.4 is 4.90 Å². The van der Waals surface area contributed by atoms with Gasteiger partial charge in [-0.05, 0) is 18.9 Å². The number of aromatic nitrogens is 2. The summed E-state index contributed by atoms with van der Waals surface area (Å²) in [6, 6.07) is -0.363. The van der Waals surface area contributed by atoms with Gasteiger partial charge in [0.05, 0.1) is 13.2 Å². The summed E-state index contributed by atoms with van der Waals surface area (Å²) in [7, 11) is 3.74. The smallest absolute Gasteiger partial charge is 0.247 e. The number of morpholine rings is 1. The molecule has 2 aliphatic heterocycles. The van der Waals surface area contributed by atoms with Gasteiger partial charge in [0.2, 0.25) is 17.8 Å². The lowest BCUT2D eigenvalue weighted by Gasteiger charge is -2.32. The minimum atomic E-state index is -0.363. The zero-order valence-electron chi connectivity index (χ0n) is 15.3. The van der Waals surface area contributed by atoms with Crippen molar-refractivity contribution in [2.75, 3.05) is 51.8 Å². The number of hydrogen-bond donors (Lipinski definition) is 0. The van der Waals surface area contributed by atoms with E-state index in [0.29, 0.717) is 38.8 Å². The van der Waals surface area contributed by atoms with Crippen molar-refractivity contribution >= 4 is 23.8 Å². The second kappa shape index (κ2) is 8.27. The van der Waals surface area contributed by atoms with Crippen molar-refractivity contribution in [2.24, 2.45) is 0 Å². The molecule has 1 aromatic heterocycles. The number of carbonyl (C=O) groups is 2. The van der Waals surface area contributed by atoms with Crippen LogP contribution in [-0.4, -0.2) is 84.6 Å². The van der Waals surface area contributed by atoms with Gasteiger partial charge in [-0.2, -0.15) is 0 Å². The van der Waals surface area contributed by atoms with Crippen molar-refractivity contribution in [3.05, 3.63) is 24.0 Å². The maximum atomic E-state index is 12.7. The molecule has 8 nitrogen and oxygen atoms in total. The number of anilines is 1. The molecule has 140 valence electrons. The van der Waals surface area contributed by atoms with Crippen molar-refractivity contribution in [2.45, 2.75) is 18.9 Å². The number of hydrogen-bond acceptors (Lipinski definition) is 6. The molecule has 3 heterocycles. The fourth-order valence-corrected chi connectivity index (χ4v) is 3.19. The summed E-state index contributed by atoms with van der Waals surface area (Å²) in [5, 5.41) is 0. The van der Waals surface area contributed by atoms with E-state index in [2.05, 4.69) is 9.97 Å². The number of carbonyl (C=O) groups excluding carboxylic acids is 2. The van der Waals surface area contributed by atoms with Gasteiger partial charge in [0.15, 0.2) is 0 Å². The van der Waals surface area contributed by atoms with Crippen molar-refractivity contribution < 1.29 is 14.3 Å². The Labute approximate surface area is 153 Å². The maximum absolute atomic E-state index is 12.7. The highest BCUT2D eigenvalue weighted by Crippen LogP contribution is 2.20. The van der Waals surface area contributed by atoms with E-state index in [4.69, 9.17) is 4.74 Å². The van der Waals surface area contributed by atoms with Crippen LogP contribution in [0.25, 0.3) is 6.08 Å². The second-order valence-electron chi connectivity index (χ2n) is 6.67. The Morgan fingerprint density at radius 2 is 1.88 bits per heavy atom. The van der Waals surface area contributed by atoms with E-state index in [1.165, 1.54) is 6.08 Å². The first-order valence-corrected chi connectivity index (χ1v) is 8.91. The van der Waals surface area contributed by atoms with Gasteiger partial charge in [-0.25, -0.2) is 9.97 Å². The van der Waals surface area contributed by atoms with E-state index in [-0.39, 0.29) is 17.9 Å². The summed E-state index contributed by atoms with van der Waals surface area (Å²) in [4.78, 5) is 39.0. The Balaban J connectivity index is 1.63. The van der Waals surface area contributed by atoms with Crippen LogP contribution in [0.5, 0.6) is 0 Å². The van der Waals surface area contributed by atoms with Crippen molar-refractivity contribution in [1.29, 1.82) is 0 Å². The fraction of sp³-hybridized carbons (Fsp3) is 0.556. The van der Waals surface area contributed by atoms with Gasteiger partial charge in [-0.1, -0.05) is 0 Å². The molecule has 0 aliphatic carbocycles. The third kappa shape index (κ3) is 4.19. The minimum absolute atomic E-state index is 0.0335. The zero-order valence-corrected chi connectivity index (χ0v) is 15.3. The van der Waals surface area contributed by atoms with E-state index >= 15 is 0 Å². The lowest BCUT2D eigenvalue weighted by Crippen LogP contribution is -2.50. The van der Waals surface area contributed by atoms with E-state index in [0.717, 1.165) is 18.4 Å². The number of ether oxygens (including phenoxy) is 1. The predicted molar refractivity (Wildman–Crippen MR) is 97.5 cm³/mol. The summed E-state index contributed by atoms with van der Waals surface area (Å²) in [6.07, 6.45) is 8.10. The van der Waals surface area contributed by atoms with Crippen LogP contribution in [0.3, 0.4) is 0 Å². The van der Waals surface area contributed by atoms with Crippen LogP contribution >= 0.6 is 0 Å². The summed E-state index contributed by atoms with van der Waals surface area (Å²) < 4.78 is 5.30. The van der Waals surface area contributed by atoms with Gasteiger partial charge in [0.25, 0.3) is 0 Å². The lowest BCUT2D eigenvalue weighted by atomic mass is 10.1. The summed E-state index contributed by atoms with van der Waals surface area (Å²) in [6.45, 7) is 2.94. The van der Waals surface area contributed by atoms with Gasteiger partial charge in [-0.3, -0.25) is 9.59 Å². The van der Waals surface area contributed by atoms with Crippen molar-refractivity contribution in [3.63, 3.8) is 0 Å². The van der Waals surface area contributed by atoms with Gasteiger partial charge < -0.3 is 19.4 Å². The van der Waals surface area contributed by atoms with Crippen LogP contribution in [0, 0.1) is 0 Å². The number of likely N-dealkylation sites (tertiary alicyclic amines) is 1. The van der Waals surface area contributed by atoms with Crippen LogP contribution in [0.4, 0.5) is 5.95 Å². The summed E-state index contributed by atoms with van der Waals surface area (Å²) in [5.74, 6) is 0.501. The highest BCUT2D eigenvalue weighted by Gasteiger charge is 2.36. The summed E-state index contributed by atoms with van der Waals surface area (Å²) in [5.41, 5.74) is 0.749. The minimum Gasteiger partial charge on any atom is -0.378 e. The number of rotatable bonds is 4. The molecule has 0 saturated carbocycles. The average Bonchev–Trinajstić information content (AvgIpc) is 3.16. The van der Waals surface area contributed by atoms with Crippen molar-refractivity contribution in [1.82, 2.24) is 19.8 Å². The molecule has 0 spiro atoms. The standard InChI is InChI=1S/C18H25N5O3/c1-21(2)18-19-12-14(13-20-18)5-6-16(24)23-7-3-4-15(23)17(25)22-8-10-26-11-9-22/h5-6,12-13,15H,3-4,7-11H2,1-2H3. The van der Waals surface area contributed by atoms with E-state index in [1.807, 2.05) is 19.0 Å². The molecule has 2 saturated heterocycles. The normalized spacial score (nSPS) is 20.6. The van der Waals surface area contributed by atoms with Crippen LogP contribution in [-0.2, 0) is 14.3 Å². The first kappa shape index (κ1) is 18.3. The monoisotopic (exact) mass is 359 g/mol. The zero-order chi connectivity index (χ0) is 18.5. The SMILES string of the molecule is CN(C)c1ncc(C=CC(=O)N2CCCC2C(=O)N2CCOCC2)cn1. The van der Waals surface area contributed by atoms with E-state index < -0.39 is 0 Å². The van der Waals surface area contributed by atoms with Gasteiger partial charge >= 0.3 is 0 Å². The predicted octanol–water partition coefficient (Wildman–Crippen LogP) is 0.406. The first-order valence-electron chi connectivity index (χ1n) is 8.91. The molecule has 1 aromatic rings. The molecular formula is C18H25N5O3. The molecule has 0 aromatic carbocycles. The fourth-order valence-electron chi connectivity index (χ4n) is 3.19. The molecule has 2 aliphatic rings. The molecule has 2 fully saturated rings.